The number of carbonyl (C=O) groups is 1. The number of ether oxygens (including phenoxy) is 1. The molecule has 0 fully saturated rings. The van der Waals surface area contributed by atoms with E-state index in [2.05, 4.69) is 15.5 Å². The highest BCUT2D eigenvalue weighted by atomic mass is 32.2. The van der Waals surface area contributed by atoms with Gasteiger partial charge in [-0.15, -0.1) is 10.2 Å². The summed E-state index contributed by atoms with van der Waals surface area (Å²) in [6.45, 7) is -0.00545. The number of aromatic nitrogens is 2. The van der Waals surface area contributed by atoms with Crippen molar-refractivity contribution in [2.75, 3.05) is 22.4 Å². The maximum atomic E-state index is 12.6. The molecule has 0 spiro atoms. The third kappa shape index (κ3) is 6.18. The van der Waals surface area contributed by atoms with Gasteiger partial charge in [-0.1, -0.05) is 72.0 Å². The molecule has 4 aromatic rings. The Morgan fingerprint density at radius 2 is 1.59 bits per heavy atom. The molecule has 0 aliphatic carbocycles. The zero-order valence-electron chi connectivity index (χ0n) is 18.3. The standard InChI is InChI=1S/C24H22N4O4S2/c1-34(30,31)28(20-12-14-21(15-13-20)32-17-18-8-4-2-5-9-18)16-22(29)25-24-27-26-23(33-24)19-10-6-3-7-11-19/h2-15H,16-17H2,1H3,(H,25,27,29). The van der Waals surface area contributed by atoms with Crippen LogP contribution in [0, 0.1) is 0 Å². The summed E-state index contributed by atoms with van der Waals surface area (Å²) in [6, 6.07) is 25.7. The third-order valence-corrected chi connectivity index (χ3v) is 6.78. The van der Waals surface area contributed by atoms with E-state index in [1.165, 1.54) is 11.3 Å². The lowest BCUT2D eigenvalue weighted by Gasteiger charge is -2.21. The van der Waals surface area contributed by atoms with Gasteiger partial charge in [0.25, 0.3) is 0 Å². The van der Waals surface area contributed by atoms with Crippen LogP contribution in [0.25, 0.3) is 10.6 Å². The smallest absolute Gasteiger partial charge is 0.246 e. The van der Waals surface area contributed by atoms with E-state index in [1.807, 2.05) is 60.7 Å². The molecule has 4 rings (SSSR count). The number of hydrogen-bond donors (Lipinski definition) is 1. The first-order chi connectivity index (χ1) is 16.4. The third-order valence-electron chi connectivity index (χ3n) is 4.75. The lowest BCUT2D eigenvalue weighted by atomic mass is 10.2. The second-order valence-corrected chi connectivity index (χ2v) is 10.2. The van der Waals surface area contributed by atoms with E-state index >= 15 is 0 Å². The Kier molecular flexibility index (Phi) is 7.19. The van der Waals surface area contributed by atoms with Crippen LogP contribution >= 0.6 is 11.3 Å². The number of benzene rings is 3. The summed E-state index contributed by atoms with van der Waals surface area (Å²) >= 11 is 1.21. The van der Waals surface area contributed by atoms with Crippen LogP contribution in [0.4, 0.5) is 10.8 Å². The maximum absolute atomic E-state index is 12.6. The van der Waals surface area contributed by atoms with Gasteiger partial charge < -0.3 is 4.74 Å². The van der Waals surface area contributed by atoms with Gasteiger partial charge in [-0.25, -0.2) is 8.42 Å². The van der Waals surface area contributed by atoms with Gasteiger partial charge in [-0.05, 0) is 29.8 Å². The molecule has 3 aromatic carbocycles. The second kappa shape index (κ2) is 10.4. The fourth-order valence-electron chi connectivity index (χ4n) is 3.11. The van der Waals surface area contributed by atoms with E-state index in [-0.39, 0.29) is 0 Å². The number of carbonyl (C=O) groups excluding carboxylic acids is 1. The number of rotatable bonds is 9. The van der Waals surface area contributed by atoms with Crippen molar-refractivity contribution >= 4 is 38.1 Å². The zero-order chi connectivity index (χ0) is 24.0. The molecule has 0 aliphatic rings. The van der Waals surface area contributed by atoms with Crippen LogP contribution in [-0.4, -0.2) is 37.3 Å². The van der Waals surface area contributed by atoms with Crippen LogP contribution < -0.4 is 14.4 Å². The average Bonchev–Trinajstić information content (AvgIpc) is 3.30. The Morgan fingerprint density at radius 1 is 0.941 bits per heavy atom. The van der Waals surface area contributed by atoms with Crippen molar-refractivity contribution in [1.29, 1.82) is 0 Å². The molecule has 34 heavy (non-hydrogen) atoms. The first kappa shape index (κ1) is 23.4. The number of sulfonamides is 1. The van der Waals surface area contributed by atoms with Crippen LogP contribution in [-0.2, 0) is 21.4 Å². The normalized spacial score (nSPS) is 11.1. The molecule has 1 N–H and O–H groups in total. The molecular weight excluding hydrogens is 472 g/mol. The van der Waals surface area contributed by atoms with Crippen molar-refractivity contribution in [2.24, 2.45) is 0 Å². The summed E-state index contributed by atoms with van der Waals surface area (Å²) in [5.41, 5.74) is 2.26. The van der Waals surface area contributed by atoms with Gasteiger partial charge in [0.05, 0.1) is 11.9 Å². The Labute approximate surface area is 201 Å². The zero-order valence-corrected chi connectivity index (χ0v) is 19.9. The average molecular weight is 495 g/mol. The minimum atomic E-state index is -3.71. The summed E-state index contributed by atoms with van der Waals surface area (Å²) in [5, 5.41) is 11.6. The Hall–Kier alpha value is -3.76. The van der Waals surface area contributed by atoms with E-state index < -0.39 is 22.5 Å². The summed E-state index contributed by atoms with van der Waals surface area (Å²) in [6.07, 6.45) is 1.05. The molecule has 0 saturated heterocycles. The molecule has 0 bridgehead atoms. The van der Waals surface area contributed by atoms with Crippen molar-refractivity contribution in [2.45, 2.75) is 6.61 Å². The molecule has 0 aliphatic heterocycles. The summed E-state index contributed by atoms with van der Waals surface area (Å²) in [4.78, 5) is 12.6. The van der Waals surface area contributed by atoms with Crippen LogP contribution in [0.15, 0.2) is 84.9 Å². The Balaban J connectivity index is 1.41. The van der Waals surface area contributed by atoms with Gasteiger partial charge in [-0.2, -0.15) is 0 Å². The molecule has 1 heterocycles. The highest BCUT2D eigenvalue weighted by molar-refractivity contribution is 7.92. The van der Waals surface area contributed by atoms with E-state index in [0.29, 0.717) is 28.2 Å². The molecule has 174 valence electrons. The minimum absolute atomic E-state index is 0.293. The predicted octanol–water partition coefficient (Wildman–Crippen LogP) is 4.19. The Morgan fingerprint density at radius 3 is 2.24 bits per heavy atom. The summed E-state index contributed by atoms with van der Waals surface area (Å²) < 4.78 is 31.6. The van der Waals surface area contributed by atoms with E-state index in [0.717, 1.165) is 21.7 Å². The number of nitrogens with one attached hydrogen (secondary N) is 1. The van der Waals surface area contributed by atoms with Gasteiger partial charge in [-0.3, -0.25) is 14.4 Å². The van der Waals surface area contributed by atoms with Gasteiger partial charge in [0.2, 0.25) is 21.1 Å². The minimum Gasteiger partial charge on any atom is -0.489 e. The predicted molar refractivity (Wildman–Crippen MR) is 133 cm³/mol. The largest absolute Gasteiger partial charge is 0.489 e. The van der Waals surface area contributed by atoms with Crippen LogP contribution in [0.1, 0.15) is 5.56 Å². The van der Waals surface area contributed by atoms with Gasteiger partial charge in [0.15, 0.2) is 0 Å². The summed E-state index contributed by atoms with van der Waals surface area (Å²) in [5.74, 6) is 0.0680. The van der Waals surface area contributed by atoms with Crippen molar-refractivity contribution in [3.63, 3.8) is 0 Å². The second-order valence-electron chi connectivity index (χ2n) is 7.36. The summed E-state index contributed by atoms with van der Waals surface area (Å²) in [7, 11) is -3.71. The molecule has 1 amide bonds. The molecule has 10 heteroatoms. The SMILES string of the molecule is CS(=O)(=O)N(CC(=O)Nc1nnc(-c2ccccc2)s1)c1ccc(OCc2ccccc2)cc1. The topological polar surface area (TPSA) is 101 Å². The number of hydrogen-bond acceptors (Lipinski definition) is 7. The van der Waals surface area contributed by atoms with Gasteiger partial charge in [0, 0.05) is 5.56 Å². The number of nitrogens with zero attached hydrogens (tertiary/aromatic N) is 3. The number of anilines is 2. The molecule has 0 atom stereocenters. The van der Waals surface area contributed by atoms with E-state index in [1.54, 1.807) is 24.3 Å². The first-order valence-electron chi connectivity index (χ1n) is 10.3. The molecule has 0 radical (unpaired) electrons. The fraction of sp³-hybridized carbons (Fsp3) is 0.125. The van der Waals surface area contributed by atoms with Crippen molar-refractivity contribution in [1.82, 2.24) is 10.2 Å². The van der Waals surface area contributed by atoms with Crippen LogP contribution in [0.3, 0.4) is 0 Å². The molecule has 8 nitrogen and oxygen atoms in total. The lowest BCUT2D eigenvalue weighted by Crippen LogP contribution is -2.37. The van der Waals surface area contributed by atoms with Gasteiger partial charge >= 0.3 is 0 Å². The molecular formula is C24H22N4O4S2. The maximum Gasteiger partial charge on any atom is 0.246 e. The van der Waals surface area contributed by atoms with E-state index in [9.17, 15) is 13.2 Å². The quantitative estimate of drug-likeness (QED) is 0.374. The van der Waals surface area contributed by atoms with Crippen LogP contribution in [0.5, 0.6) is 5.75 Å². The number of amides is 1. The lowest BCUT2D eigenvalue weighted by molar-refractivity contribution is -0.114. The monoisotopic (exact) mass is 494 g/mol. The van der Waals surface area contributed by atoms with Crippen molar-refractivity contribution in [3.8, 4) is 16.3 Å². The van der Waals surface area contributed by atoms with E-state index in [4.69, 9.17) is 4.74 Å². The Bertz CT molecular complexity index is 1340. The van der Waals surface area contributed by atoms with Gasteiger partial charge in [0.1, 0.15) is 23.9 Å². The van der Waals surface area contributed by atoms with Crippen molar-refractivity contribution in [3.05, 3.63) is 90.5 Å². The molecule has 0 unspecified atom stereocenters. The van der Waals surface area contributed by atoms with Crippen LogP contribution in [0.2, 0.25) is 0 Å². The fourth-order valence-corrected chi connectivity index (χ4v) is 4.73. The molecule has 1 aromatic heterocycles. The van der Waals surface area contributed by atoms with Crippen molar-refractivity contribution < 1.29 is 17.9 Å². The highest BCUT2D eigenvalue weighted by Crippen LogP contribution is 2.26. The highest BCUT2D eigenvalue weighted by Gasteiger charge is 2.22. The molecule has 0 saturated carbocycles. The first-order valence-corrected chi connectivity index (χ1v) is 13.0.